The smallest absolute Gasteiger partial charge is 0.258 e. The Morgan fingerprint density at radius 1 is 1.12 bits per heavy atom. The maximum atomic E-state index is 11.7. The van der Waals surface area contributed by atoms with Gasteiger partial charge in [0.05, 0.1) is 10.0 Å². The van der Waals surface area contributed by atoms with Crippen LogP contribution in [0.25, 0.3) is 6.08 Å². The van der Waals surface area contributed by atoms with Crippen LogP contribution in [0.3, 0.4) is 0 Å². The molecule has 2 rings (SSSR count). The molecule has 0 aliphatic heterocycles. The fourth-order valence-electron chi connectivity index (χ4n) is 1.90. The van der Waals surface area contributed by atoms with Crippen molar-refractivity contribution in [3.8, 4) is 5.75 Å². The first-order valence-electron chi connectivity index (χ1n) is 7.37. The fraction of sp³-hybridized carbons (Fsp3) is 0.167. The van der Waals surface area contributed by atoms with Crippen molar-refractivity contribution in [3.05, 3.63) is 64.1 Å². The molecule has 0 saturated heterocycles. The minimum atomic E-state index is -0.188. The van der Waals surface area contributed by atoms with Gasteiger partial charge in [-0.3, -0.25) is 4.79 Å². The summed E-state index contributed by atoms with van der Waals surface area (Å²) in [5, 5.41) is 6.78. The molecule has 2 aromatic rings. The molecule has 4 nitrogen and oxygen atoms in total. The molecule has 0 aromatic heterocycles. The number of ether oxygens (including phenoxy) is 1. The molecule has 0 atom stereocenters. The van der Waals surface area contributed by atoms with Gasteiger partial charge in [0.15, 0.2) is 6.61 Å². The highest BCUT2D eigenvalue weighted by Gasteiger charge is 2.01. The number of carbonyl (C=O) groups excluding carboxylic acids is 1. The number of hydrogen-bond donors (Lipinski definition) is 2. The lowest BCUT2D eigenvalue weighted by molar-refractivity contribution is -0.122. The van der Waals surface area contributed by atoms with Gasteiger partial charge in [0, 0.05) is 19.3 Å². The third-order valence-corrected chi connectivity index (χ3v) is 3.92. The first-order chi connectivity index (χ1) is 11.6. The molecule has 24 heavy (non-hydrogen) atoms. The standard InChI is InChI=1S/C18H18Cl2N2O2/c1-21-14-5-7-15(8-6-14)24-12-18(23)22-10-2-3-13-4-9-16(19)17(20)11-13/h2-9,11,21H,10,12H2,1H3,(H,22,23)/b3-2+. The summed E-state index contributed by atoms with van der Waals surface area (Å²) in [5.74, 6) is 0.460. The first kappa shape index (κ1) is 18.2. The van der Waals surface area contributed by atoms with Gasteiger partial charge in [0.2, 0.25) is 0 Å². The maximum absolute atomic E-state index is 11.7. The van der Waals surface area contributed by atoms with Crippen LogP contribution in [0, 0.1) is 0 Å². The van der Waals surface area contributed by atoms with Crippen LogP contribution in [0.1, 0.15) is 5.56 Å². The third-order valence-electron chi connectivity index (χ3n) is 3.18. The zero-order chi connectivity index (χ0) is 17.4. The van der Waals surface area contributed by atoms with Crippen molar-refractivity contribution >= 4 is 40.9 Å². The predicted octanol–water partition coefficient (Wildman–Crippen LogP) is 4.24. The second-order valence-corrected chi connectivity index (χ2v) is 5.76. The van der Waals surface area contributed by atoms with Crippen LogP contribution in [0.2, 0.25) is 10.0 Å². The van der Waals surface area contributed by atoms with Gasteiger partial charge in [-0.05, 0) is 42.0 Å². The van der Waals surface area contributed by atoms with E-state index in [2.05, 4.69) is 10.6 Å². The van der Waals surface area contributed by atoms with E-state index in [9.17, 15) is 4.79 Å². The number of rotatable bonds is 7. The summed E-state index contributed by atoms with van der Waals surface area (Å²) in [7, 11) is 1.84. The Morgan fingerprint density at radius 3 is 2.54 bits per heavy atom. The summed E-state index contributed by atoms with van der Waals surface area (Å²) < 4.78 is 5.42. The minimum absolute atomic E-state index is 0.0283. The van der Waals surface area contributed by atoms with Gasteiger partial charge < -0.3 is 15.4 Å². The molecule has 2 aromatic carbocycles. The highest BCUT2D eigenvalue weighted by Crippen LogP contribution is 2.23. The molecule has 0 fully saturated rings. The summed E-state index contributed by atoms with van der Waals surface area (Å²) >= 11 is 11.8. The van der Waals surface area contributed by atoms with Crippen molar-refractivity contribution in [2.24, 2.45) is 0 Å². The van der Waals surface area contributed by atoms with E-state index in [0.717, 1.165) is 11.3 Å². The van der Waals surface area contributed by atoms with Crippen molar-refractivity contribution in [1.29, 1.82) is 0 Å². The third kappa shape index (κ3) is 5.80. The maximum Gasteiger partial charge on any atom is 0.258 e. The lowest BCUT2D eigenvalue weighted by atomic mass is 10.2. The Kier molecular flexibility index (Phi) is 6.97. The van der Waals surface area contributed by atoms with E-state index in [1.165, 1.54) is 0 Å². The Balaban J connectivity index is 1.72. The molecule has 6 heteroatoms. The second-order valence-electron chi connectivity index (χ2n) is 4.94. The largest absolute Gasteiger partial charge is 0.484 e. The zero-order valence-electron chi connectivity index (χ0n) is 13.2. The molecule has 0 spiro atoms. The van der Waals surface area contributed by atoms with Gasteiger partial charge in [-0.15, -0.1) is 0 Å². The molecular weight excluding hydrogens is 347 g/mol. The van der Waals surface area contributed by atoms with Crippen molar-refractivity contribution in [2.45, 2.75) is 0 Å². The molecule has 0 unspecified atom stereocenters. The Bertz CT molecular complexity index is 715. The zero-order valence-corrected chi connectivity index (χ0v) is 14.7. The molecule has 0 aliphatic rings. The highest BCUT2D eigenvalue weighted by atomic mass is 35.5. The number of anilines is 1. The van der Waals surface area contributed by atoms with Crippen molar-refractivity contribution < 1.29 is 9.53 Å². The van der Waals surface area contributed by atoms with E-state index in [4.69, 9.17) is 27.9 Å². The molecule has 0 bridgehead atoms. The summed E-state index contributed by atoms with van der Waals surface area (Å²) in [5.41, 5.74) is 1.90. The van der Waals surface area contributed by atoms with Crippen LogP contribution in [0.5, 0.6) is 5.75 Å². The van der Waals surface area contributed by atoms with E-state index in [0.29, 0.717) is 22.3 Å². The monoisotopic (exact) mass is 364 g/mol. The average molecular weight is 365 g/mol. The number of benzene rings is 2. The highest BCUT2D eigenvalue weighted by molar-refractivity contribution is 6.42. The van der Waals surface area contributed by atoms with Crippen LogP contribution < -0.4 is 15.4 Å². The summed E-state index contributed by atoms with van der Waals surface area (Å²) in [6.45, 7) is 0.376. The summed E-state index contributed by atoms with van der Waals surface area (Å²) in [6.07, 6.45) is 3.69. The number of nitrogens with one attached hydrogen (secondary N) is 2. The van der Waals surface area contributed by atoms with Gasteiger partial charge in [0.1, 0.15) is 5.75 Å². The van der Waals surface area contributed by atoms with Gasteiger partial charge in [0.25, 0.3) is 5.91 Å². The summed E-state index contributed by atoms with van der Waals surface area (Å²) in [4.78, 5) is 11.7. The fourth-order valence-corrected chi connectivity index (χ4v) is 2.21. The van der Waals surface area contributed by atoms with Crippen LogP contribution in [-0.2, 0) is 4.79 Å². The Morgan fingerprint density at radius 2 is 1.88 bits per heavy atom. The van der Waals surface area contributed by atoms with Gasteiger partial charge in [-0.2, -0.15) is 0 Å². The first-order valence-corrected chi connectivity index (χ1v) is 8.13. The SMILES string of the molecule is CNc1ccc(OCC(=O)NC/C=C/c2ccc(Cl)c(Cl)c2)cc1. The van der Waals surface area contributed by atoms with E-state index in [1.807, 2.05) is 49.5 Å². The van der Waals surface area contributed by atoms with Crippen molar-refractivity contribution in [3.63, 3.8) is 0 Å². The molecule has 0 saturated carbocycles. The Labute approximate surface area is 151 Å². The number of amides is 1. The molecule has 1 amide bonds. The van der Waals surface area contributed by atoms with Crippen molar-refractivity contribution in [2.75, 3.05) is 25.5 Å². The van der Waals surface area contributed by atoms with Gasteiger partial charge >= 0.3 is 0 Å². The van der Waals surface area contributed by atoms with E-state index in [-0.39, 0.29) is 12.5 Å². The second kappa shape index (κ2) is 9.21. The molecule has 0 aliphatic carbocycles. The van der Waals surface area contributed by atoms with E-state index < -0.39 is 0 Å². The summed E-state index contributed by atoms with van der Waals surface area (Å²) in [6, 6.07) is 12.7. The van der Waals surface area contributed by atoms with Crippen LogP contribution in [-0.4, -0.2) is 26.1 Å². The molecule has 2 N–H and O–H groups in total. The van der Waals surface area contributed by atoms with E-state index >= 15 is 0 Å². The number of carbonyl (C=O) groups is 1. The van der Waals surface area contributed by atoms with Gasteiger partial charge in [-0.1, -0.05) is 41.4 Å². The number of hydrogen-bond acceptors (Lipinski definition) is 3. The minimum Gasteiger partial charge on any atom is -0.484 e. The Hall–Kier alpha value is -2.17. The van der Waals surface area contributed by atoms with E-state index in [1.54, 1.807) is 12.1 Å². The molecule has 126 valence electrons. The topological polar surface area (TPSA) is 50.4 Å². The molecule has 0 heterocycles. The molecular formula is C18H18Cl2N2O2. The number of halogens is 2. The lowest BCUT2D eigenvalue weighted by Gasteiger charge is -2.07. The van der Waals surface area contributed by atoms with Crippen LogP contribution in [0.4, 0.5) is 5.69 Å². The molecule has 0 radical (unpaired) electrons. The lowest BCUT2D eigenvalue weighted by Crippen LogP contribution is -2.28. The quantitative estimate of drug-likeness (QED) is 0.772. The van der Waals surface area contributed by atoms with Crippen LogP contribution in [0.15, 0.2) is 48.5 Å². The predicted molar refractivity (Wildman–Crippen MR) is 100.0 cm³/mol. The average Bonchev–Trinajstić information content (AvgIpc) is 2.60. The normalized spacial score (nSPS) is 10.6. The van der Waals surface area contributed by atoms with Crippen molar-refractivity contribution in [1.82, 2.24) is 5.32 Å². The van der Waals surface area contributed by atoms with Crippen LogP contribution >= 0.6 is 23.2 Å². The van der Waals surface area contributed by atoms with Gasteiger partial charge in [-0.25, -0.2) is 0 Å².